The van der Waals surface area contributed by atoms with Gasteiger partial charge in [0.05, 0.1) is 19.4 Å². The molecule has 3 amide bonds. The van der Waals surface area contributed by atoms with Crippen LogP contribution in [0.5, 0.6) is 17.2 Å². The van der Waals surface area contributed by atoms with Crippen LogP contribution in [0, 0.1) is 0 Å². The molecule has 0 bridgehead atoms. The summed E-state index contributed by atoms with van der Waals surface area (Å²) < 4.78 is 17.0. The molecule has 0 aliphatic carbocycles. The van der Waals surface area contributed by atoms with Crippen LogP contribution in [0.15, 0.2) is 72.3 Å². The van der Waals surface area contributed by atoms with Gasteiger partial charge in [0, 0.05) is 18.7 Å². The molecule has 0 unspecified atom stereocenters. The summed E-state index contributed by atoms with van der Waals surface area (Å²) in [7, 11) is 1.52. The molecule has 2 heterocycles. The average molecular weight is 600 g/mol. The standard InChI is InChI=1S/C33H33N3O6S/c1-3-41-26-14-12-25(13-15-26)36-32(39)27(30(37)34-33(36)43)19-23-9-16-28(29(20-23)40-2)42-21-22-7-10-24(11-8-22)31(38)35-17-5-4-6-18-35/h7-16,19-20H,3-6,17-18,21H2,1-2H3,(H,34,37,43)/b27-19+. The number of ether oxygens (including phenoxy) is 3. The van der Waals surface area contributed by atoms with Crippen LogP contribution in [-0.4, -0.2) is 54.5 Å². The second kappa shape index (κ2) is 13.5. The highest BCUT2D eigenvalue weighted by atomic mass is 32.1. The first-order chi connectivity index (χ1) is 20.9. The first kappa shape index (κ1) is 29.8. The van der Waals surface area contributed by atoms with Crippen molar-refractivity contribution in [1.29, 1.82) is 0 Å². The van der Waals surface area contributed by atoms with E-state index in [1.165, 1.54) is 24.5 Å². The molecule has 3 aromatic rings. The van der Waals surface area contributed by atoms with Crippen molar-refractivity contribution < 1.29 is 28.6 Å². The summed E-state index contributed by atoms with van der Waals surface area (Å²) in [5, 5.41) is 2.60. The lowest BCUT2D eigenvalue weighted by atomic mass is 10.1. The maximum atomic E-state index is 13.4. The molecular formula is C33H33N3O6S. The summed E-state index contributed by atoms with van der Waals surface area (Å²) in [6, 6.07) is 19.5. The third-order valence-electron chi connectivity index (χ3n) is 7.24. The molecule has 5 rings (SSSR count). The summed E-state index contributed by atoms with van der Waals surface area (Å²) in [6.07, 6.45) is 4.77. The molecule has 10 heteroatoms. The lowest BCUT2D eigenvalue weighted by molar-refractivity contribution is -0.122. The zero-order chi connectivity index (χ0) is 30.3. The van der Waals surface area contributed by atoms with Gasteiger partial charge in [-0.2, -0.15) is 0 Å². The van der Waals surface area contributed by atoms with Gasteiger partial charge in [0.2, 0.25) is 0 Å². The molecule has 9 nitrogen and oxygen atoms in total. The van der Waals surface area contributed by atoms with Crippen LogP contribution in [0.4, 0.5) is 5.69 Å². The zero-order valence-electron chi connectivity index (χ0n) is 24.1. The second-order valence-corrected chi connectivity index (χ2v) is 10.5. The highest BCUT2D eigenvalue weighted by Crippen LogP contribution is 2.31. The van der Waals surface area contributed by atoms with E-state index in [-0.39, 0.29) is 23.2 Å². The number of anilines is 1. The topological polar surface area (TPSA) is 97.4 Å². The monoisotopic (exact) mass is 599 g/mol. The quantitative estimate of drug-likeness (QED) is 0.207. The van der Waals surface area contributed by atoms with E-state index >= 15 is 0 Å². The second-order valence-electron chi connectivity index (χ2n) is 10.1. The Labute approximate surface area is 256 Å². The highest BCUT2D eigenvalue weighted by molar-refractivity contribution is 7.80. The Morgan fingerprint density at radius 2 is 1.65 bits per heavy atom. The fraction of sp³-hybridized carbons (Fsp3) is 0.273. The smallest absolute Gasteiger partial charge is 0.270 e. The number of benzene rings is 3. The Hall–Kier alpha value is -4.70. The van der Waals surface area contributed by atoms with Crippen molar-refractivity contribution in [3.63, 3.8) is 0 Å². The van der Waals surface area contributed by atoms with E-state index in [0.29, 0.717) is 40.7 Å². The van der Waals surface area contributed by atoms with E-state index in [2.05, 4.69) is 5.32 Å². The fourth-order valence-corrected chi connectivity index (χ4v) is 5.28. The maximum Gasteiger partial charge on any atom is 0.270 e. The maximum absolute atomic E-state index is 13.4. The predicted molar refractivity (Wildman–Crippen MR) is 167 cm³/mol. The van der Waals surface area contributed by atoms with Crippen molar-refractivity contribution in [3.8, 4) is 17.2 Å². The van der Waals surface area contributed by atoms with Gasteiger partial charge in [0.1, 0.15) is 17.9 Å². The van der Waals surface area contributed by atoms with Crippen LogP contribution in [0.2, 0.25) is 0 Å². The number of hydrogen-bond donors (Lipinski definition) is 1. The van der Waals surface area contributed by atoms with Crippen LogP contribution in [-0.2, 0) is 16.2 Å². The van der Waals surface area contributed by atoms with Crippen molar-refractivity contribution in [2.75, 3.05) is 31.7 Å². The summed E-state index contributed by atoms with van der Waals surface area (Å²) in [6.45, 7) is 4.29. The predicted octanol–water partition coefficient (Wildman–Crippen LogP) is 5.13. The van der Waals surface area contributed by atoms with E-state index in [4.69, 9.17) is 26.4 Å². The number of carbonyl (C=O) groups excluding carboxylic acids is 3. The molecule has 1 N–H and O–H groups in total. The van der Waals surface area contributed by atoms with Crippen LogP contribution in [0.1, 0.15) is 47.7 Å². The number of carbonyl (C=O) groups is 3. The van der Waals surface area contributed by atoms with Gasteiger partial charge in [0.25, 0.3) is 17.7 Å². The van der Waals surface area contributed by atoms with Crippen molar-refractivity contribution in [2.45, 2.75) is 32.8 Å². The molecule has 0 atom stereocenters. The van der Waals surface area contributed by atoms with Gasteiger partial charge >= 0.3 is 0 Å². The Morgan fingerprint density at radius 1 is 0.930 bits per heavy atom. The van der Waals surface area contributed by atoms with E-state index in [9.17, 15) is 14.4 Å². The van der Waals surface area contributed by atoms with Crippen LogP contribution in [0.3, 0.4) is 0 Å². The number of hydrogen-bond acceptors (Lipinski definition) is 7. The first-order valence-electron chi connectivity index (χ1n) is 14.2. The molecule has 2 fully saturated rings. The molecule has 0 saturated carbocycles. The Morgan fingerprint density at radius 3 is 2.33 bits per heavy atom. The number of thiocarbonyl (C=S) groups is 1. The van der Waals surface area contributed by atoms with E-state index < -0.39 is 11.8 Å². The molecule has 3 aromatic carbocycles. The van der Waals surface area contributed by atoms with E-state index in [0.717, 1.165) is 31.5 Å². The number of nitrogens with zero attached hydrogens (tertiary/aromatic N) is 2. The summed E-state index contributed by atoms with van der Waals surface area (Å²) in [5.41, 5.74) is 2.58. The van der Waals surface area contributed by atoms with E-state index in [1.54, 1.807) is 42.5 Å². The van der Waals surface area contributed by atoms with Gasteiger partial charge in [-0.15, -0.1) is 0 Å². The van der Waals surface area contributed by atoms with Crippen LogP contribution in [0.25, 0.3) is 6.08 Å². The molecule has 43 heavy (non-hydrogen) atoms. The van der Waals surface area contributed by atoms with Gasteiger partial charge in [-0.05, 0) is 104 Å². The first-order valence-corrected chi connectivity index (χ1v) is 14.6. The minimum Gasteiger partial charge on any atom is -0.494 e. The van der Waals surface area contributed by atoms with Gasteiger partial charge < -0.3 is 19.1 Å². The Balaban J connectivity index is 1.28. The van der Waals surface area contributed by atoms with Gasteiger partial charge in [-0.1, -0.05) is 18.2 Å². The number of methoxy groups -OCH3 is 1. The van der Waals surface area contributed by atoms with Crippen LogP contribution >= 0.6 is 12.2 Å². The largest absolute Gasteiger partial charge is 0.494 e. The Bertz CT molecular complexity index is 1550. The van der Waals surface area contributed by atoms with Crippen molar-refractivity contribution in [2.24, 2.45) is 0 Å². The molecule has 222 valence electrons. The number of amides is 3. The number of rotatable bonds is 9. The number of likely N-dealkylation sites (tertiary alicyclic amines) is 1. The molecule has 2 aliphatic rings. The minimum absolute atomic E-state index is 0.00142. The van der Waals surface area contributed by atoms with E-state index in [1.807, 2.05) is 36.1 Å². The third kappa shape index (κ3) is 6.86. The van der Waals surface area contributed by atoms with Crippen molar-refractivity contribution >= 4 is 46.8 Å². The van der Waals surface area contributed by atoms with Crippen molar-refractivity contribution in [1.82, 2.24) is 10.2 Å². The number of nitrogens with one attached hydrogen (secondary N) is 1. The minimum atomic E-state index is -0.585. The number of piperidine rings is 1. The normalized spacial score (nSPS) is 16.2. The van der Waals surface area contributed by atoms with Gasteiger partial charge in [-0.25, -0.2) is 0 Å². The van der Waals surface area contributed by atoms with Gasteiger partial charge in [0.15, 0.2) is 16.6 Å². The van der Waals surface area contributed by atoms with Crippen LogP contribution < -0.4 is 24.4 Å². The molecule has 0 spiro atoms. The van der Waals surface area contributed by atoms with Gasteiger partial charge in [-0.3, -0.25) is 24.6 Å². The summed E-state index contributed by atoms with van der Waals surface area (Å²) >= 11 is 5.30. The molecule has 0 aromatic heterocycles. The average Bonchev–Trinajstić information content (AvgIpc) is 3.03. The fourth-order valence-electron chi connectivity index (χ4n) is 4.99. The molecule has 2 aliphatic heterocycles. The summed E-state index contributed by atoms with van der Waals surface area (Å²) in [5.74, 6) is 0.533. The molecule has 0 radical (unpaired) electrons. The molecular weight excluding hydrogens is 566 g/mol. The SMILES string of the molecule is CCOc1ccc(N2C(=O)/C(=C/c3ccc(OCc4ccc(C(=O)N5CCCCC5)cc4)c(OC)c3)C(=O)NC2=S)cc1. The zero-order valence-corrected chi connectivity index (χ0v) is 24.9. The summed E-state index contributed by atoms with van der Waals surface area (Å²) in [4.78, 5) is 42.1. The lowest BCUT2D eigenvalue weighted by Gasteiger charge is -2.29. The Kier molecular flexibility index (Phi) is 9.36. The third-order valence-corrected chi connectivity index (χ3v) is 7.53. The molecule has 2 saturated heterocycles. The van der Waals surface area contributed by atoms with Crippen molar-refractivity contribution in [3.05, 3.63) is 89.0 Å². The lowest BCUT2D eigenvalue weighted by Crippen LogP contribution is -2.54. The highest BCUT2D eigenvalue weighted by Gasteiger charge is 2.34.